The molecule has 108 valence electrons. The number of aliphatic hydroxyl groups is 1. The summed E-state index contributed by atoms with van der Waals surface area (Å²) in [5.41, 5.74) is 0.493. The zero-order valence-electron chi connectivity index (χ0n) is 12.1. The van der Waals surface area contributed by atoms with Crippen LogP contribution in [-0.4, -0.2) is 35.6 Å². The van der Waals surface area contributed by atoms with E-state index in [1.54, 1.807) is 18.0 Å². The van der Waals surface area contributed by atoms with E-state index in [0.29, 0.717) is 5.56 Å². The molecule has 0 saturated carbocycles. The van der Waals surface area contributed by atoms with Crippen molar-refractivity contribution in [3.63, 3.8) is 0 Å². The highest BCUT2D eigenvalue weighted by atomic mass is 19.1. The molecule has 0 aliphatic carbocycles. The van der Waals surface area contributed by atoms with Gasteiger partial charge < -0.3 is 10.0 Å². The molecule has 0 atom stereocenters. The summed E-state index contributed by atoms with van der Waals surface area (Å²) < 4.78 is 13.8. The summed E-state index contributed by atoms with van der Waals surface area (Å²) in [6.45, 7) is 3.72. The van der Waals surface area contributed by atoms with Crippen LogP contribution in [0, 0.1) is 17.7 Å². The van der Waals surface area contributed by atoms with E-state index >= 15 is 0 Å². The van der Waals surface area contributed by atoms with Crippen LogP contribution in [-0.2, 0) is 0 Å². The molecule has 4 heteroatoms. The minimum atomic E-state index is -0.547. The first-order chi connectivity index (χ1) is 9.54. The average molecular weight is 277 g/mol. The van der Waals surface area contributed by atoms with Gasteiger partial charge in [-0.2, -0.15) is 0 Å². The first kappa shape index (κ1) is 16.2. The molecule has 0 radical (unpaired) electrons. The summed E-state index contributed by atoms with van der Waals surface area (Å²) in [5.74, 6) is 4.15. The topological polar surface area (TPSA) is 40.5 Å². The van der Waals surface area contributed by atoms with Gasteiger partial charge in [-0.15, -0.1) is 0 Å². The summed E-state index contributed by atoms with van der Waals surface area (Å²) in [6.07, 6.45) is 1.72. The zero-order valence-corrected chi connectivity index (χ0v) is 12.1. The number of nitrogens with zero attached hydrogens (tertiary/aromatic N) is 1. The lowest BCUT2D eigenvalue weighted by atomic mass is 10.1. The molecule has 0 aliphatic rings. The molecule has 0 aromatic heterocycles. The molecule has 1 aromatic rings. The largest absolute Gasteiger partial charge is 0.384 e. The second kappa shape index (κ2) is 7.66. The molecule has 0 saturated heterocycles. The molecule has 3 nitrogen and oxygen atoms in total. The molecular formula is C16H20FNO2. The minimum absolute atomic E-state index is 0.152. The van der Waals surface area contributed by atoms with Crippen molar-refractivity contribution < 1.29 is 14.3 Å². The molecule has 0 fully saturated rings. The molecule has 1 N–H and O–H groups in total. The molecule has 0 spiro atoms. The van der Waals surface area contributed by atoms with Gasteiger partial charge in [0.2, 0.25) is 0 Å². The van der Waals surface area contributed by atoms with Crippen LogP contribution in [0.25, 0.3) is 0 Å². The summed E-state index contributed by atoms with van der Waals surface area (Å²) in [4.78, 5) is 13.9. The second-order valence-electron chi connectivity index (χ2n) is 4.54. The number of carbonyl (C=O) groups is 1. The Morgan fingerprint density at radius 1 is 1.40 bits per heavy atom. The Hall–Kier alpha value is -1.86. The van der Waals surface area contributed by atoms with Gasteiger partial charge in [0, 0.05) is 18.7 Å². The lowest BCUT2D eigenvalue weighted by molar-refractivity contribution is 0.0723. The van der Waals surface area contributed by atoms with Crippen molar-refractivity contribution in [2.75, 3.05) is 13.7 Å². The van der Waals surface area contributed by atoms with Crippen molar-refractivity contribution in [3.05, 3.63) is 35.1 Å². The van der Waals surface area contributed by atoms with E-state index in [-0.39, 0.29) is 24.1 Å². The van der Waals surface area contributed by atoms with Crippen molar-refractivity contribution in [1.29, 1.82) is 0 Å². The van der Waals surface area contributed by atoms with Crippen molar-refractivity contribution in [1.82, 2.24) is 4.90 Å². The number of rotatable bonds is 4. The predicted molar refractivity (Wildman–Crippen MR) is 76.8 cm³/mol. The van der Waals surface area contributed by atoms with Gasteiger partial charge in [-0.05, 0) is 31.0 Å². The number of amides is 1. The Balaban J connectivity index is 2.98. The normalized spacial score (nSPS) is 10.1. The van der Waals surface area contributed by atoms with Gasteiger partial charge in [-0.25, -0.2) is 4.39 Å². The zero-order chi connectivity index (χ0) is 15.1. The highest BCUT2D eigenvalue weighted by Crippen LogP contribution is 2.14. The predicted octanol–water partition coefficient (Wildman–Crippen LogP) is 2.43. The summed E-state index contributed by atoms with van der Waals surface area (Å²) in [6, 6.07) is 4.37. The molecule has 1 rings (SSSR count). The van der Waals surface area contributed by atoms with E-state index < -0.39 is 5.82 Å². The molecule has 0 bridgehead atoms. The first-order valence-electron chi connectivity index (χ1n) is 6.71. The summed E-state index contributed by atoms with van der Waals surface area (Å²) in [7, 11) is 1.73. The van der Waals surface area contributed by atoms with Crippen LogP contribution in [0.15, 0.2) is 18.2 Å². The first-order valence-corrected chi connectivity index (χ1v) is 6.71. The van der Waals surface area contributed by atoms with Crippen LogP contribution >= 0.6 is 0 Å². The fourth-order valence-electron chi connectivity index (χ4n) is 2.09. The Kier molecular flexibility index (Phi) is 6.20. The average Bonchev–Trinajstić information content (AvgIpc) is 2.46. The Labute approximate surface area is 119 Å². The second-order valence-corrected chi connectivity index (χ2v) is 4.54. The van der Waals surface area contributed by atoms with Crippen LogP contribution in [0.2, 0.25) is 0 Å². The van der Waals surface area contributed by atoms with E-state index in [1.807, 2.05) is 13.8 Å². The summed E-state index contributed by atoms with van der Waals surface area (Å²) in [5, 5.41) is 8.59. The third-order valence-corrected chi connectivity index (χ3v) is 3.33. The lowest BCUT2D eigenvalue weighted by Crippen LogP contribution is -2.36. The maximum absolute atomic E-state index is 13.8. The molecular weight excluding hydrogens is 257 g/mol. The minimum Gasteiger partial charge on any atom is -0.384 e. The molecule has 0 heterocycles. The van der Waals surface area contributed by atoms with Crippen molar-refractivity contribution in [2.24, 2.45) is 0 Å². The van der Waals surface area contributed by atoms with Crippen molar-refractivity contribution in [3.8, 4) is 11.8 Å². The van der Waals surface area contributed by atoms with Crippen LogP contribution < -0.4 is 0 Å². The lowest BCUT2D eigenvalue weighted by Gasteiger charge is -2.26. The van der Waals surface area contributed by atoms with E-state index in [4.69, 9.17) is 5.11 Å². The van der Waals surface area contributed by atoms with Gasteiger partial charge in [0.1, 0.15) is 12.4 Å². The monoisotopic (exact) mass is 277 g/mol. The van der Waals surface area contributed by atoms with E-state index in [2.05, 4.69) is 11.8 Å². The van der Waals surface area contributed by atoms with Crippen molar-refractivity contribution >= 4 is 5.91 Å². The number of hydrogen-bond donors (Lipinski definition) is 1. The number of hydrogen-bond acceptors (Lipinski definition) is 2. The van der Waals surface area contributed by atoms with Gasteiger partial charge in [-0.1, -0.05) is 25.7 Å². The molecule has 0 unspecified atom stereocenters. The fraction of sp³-hybridized carbons (Fsp3) is 0.438. The number of halogens is 1. The van der Waals surface area contributed by atoms with Crippen LogP contribution in [0.3, 0.4) is 0 Å². The van der Waals surface area contributed by atoms with Gasteiger partial charge >= 0.3 is 0 Å². The Bertz CT molecular complexity index is 527. The van der Waals surface area contributed by atoms with E-state index in [0.717, 1.165) is 12.8 Å². The maximum Gasteiger partial charge on any atom is 0.253 e. The van der Waals surface area contributed by atoms with Crippen LogP contribution in [0.5, 0.6) is 0 Å². The summed E-state index contributed by atoms with van der Waals surface area (Å²) >= 11 is 0. The fourth-order valence-corrected chi connectivity index (χ4v) is 2.09. The molecule has 1 amide bonds. The van der Waals surface area contributed by atoms with Gasteiger partial charge in [0.25, 0.3) is 5.91 Å². The van der Waals surface area contributed by atoms with Crippen LogP contribution in [0.4, 0.5) is 4.39 Å². The Morgan fingerprint density at radius 3 is 2.55 bits per heavy atom. The molecule has 20 heavy (non-hydrogen) atoms. The third kappa shape index (κ3) is 3.82. The highest BCUT2D eigenvalue weighted by molar-refractivity contribution is 5.94. The standard InChI is InChI=1S/C16H20FNO2/c1-4-14(5-2)18(3)16(20)13-9-8-12(7-6-10-19)15(17)11-13/h8-9,11,14,19H,4-5,10H2,1-3H3. The molecule has 0 aliphatic heterocycles. The van der Waals surface area contributed by atoms with E-state index in [9.17, 15) is 9.18 Å². The number of benzene rings is 1. The Morgan fingerprint density at radius 2 is 2.05 bits per heavy atom. The third-order valence-electron chi connectivity index (χ3n) is 3.33. The SMILES string of the molecule is CCC(CC)N(C)C(=O)c1ccc(C#CCO)c(F)c1. The number of carbonyl (C=O) groups excluding carboxylic acids is 1. The van der Waals surface area contributed by atoms with Crippen molar-refractivity contribution in [2.45, 2.75) is 32.7 Å². The quantitative estimate of drug-likeness (QED) is 0.859. The maximum atomic E-state index is 13.8. The van der Waals surface area contributed by atoms with Crippen LogP contribution in [0.1, 0.15) is 42.6 Å². The molecule has 1 aromatic carbocycles. The number of aliphatic hydroxyl groups excluding tert-OH is 1. The van der Waals surface area contributed by atoms with E-state index in [1.165, 1.54) is 12.1 Å². The smallest absolute Gasteiger partial charge is 0.253 e. The van der Waals surface area contributed by atoms with Gasteiger partial charge in [0.05, 0.1) is 5.56 Å². The highest BCUT2D eigenvalue weighted by Gasteiger charge is 2.19. The van der Waals surface area contributed by atoms with Gasteiger partial charge in [-0.3, -0.25) is 4.79 Å². The van der Waals surface area contributed by atoms with Gasteiger partial charge in [0.15, 0.2) is 0 Å².